The summed E-state index contributed by atoms with van der Waals surface area (Å²) in [6.45, 7) is 1.10. The van der Waals surface area contributed by atoms with E-state index >= 15 is 0 Å². The van der Waals surface area contributed by atoms with E-state index in [1.54, 1.807) is 0 Å². The second-order valence-corrected chi connectivity index (χ2v) is 8.30. The fourth-order valence-corrected chi connectivity index (χ4v) is 4.35. The molecule has 8 nitrogen and oxygen atoms in total. The van der Waals surface area contributed by atoms with Crippen LogP contribution in [-0.4, -0.2) is 40.3 Å². The predicted octanol–water partition coefficient (Wildman–Crippen LogP) is 2.22. The molecule has 0 radical (unpaired) electrons. The van der Waals surface area contributed by atoms with Gasteiger partial charge in [-0.3, -0.25) is 14.3 Å². The van der Waals surface area contributed by atoms with Gasteiger partial charge in [-0.05, 0) is 11.1 Å². The van der Waals surface area contributed by atoms with Crippen molar-refractivity contribution < 1.29 is 18.9 Å². The third-order valence-corrected chi connectivity index (χ3v) is 5.98. The van der Waals surface area contributed by atoms with E-state index in [-0.39, 0.29) is 31.1 Å². The number of nitrogens with one attached hydrogen (secondary N) is 1. The Hall–Kier alpha value is -3.04. The van der Waals surface area contributed by atoms with E-state index in [1.807, 2.05) is 60.7 Å². The zero-order valence-electron chi connectivity index (χ0n) is 18.0. The maximum Gasteiger partial charge on any atom is 0.328 e. The molecule has 0 amide bonds. The number of H-pyrrole nitrogens is 1. The average molecular weight is 450 g/mol. The van der Waals surface area contributed by atoms with Crippen LogP contribution in [0.4, 0.5) is 0 Å². The monoisotopic (exact) mass is 450 g/mol. The number of aromatic nitrogens is 2. The third kappa shape index (κ3) is 5.15. The summed E-state index contributed by atoms with van der Waals surface area (Å²) in [5, 5.41) is 0. The van der Waals surface area contributed by atoms with Crippen LogP contribution in [0.15, 0.2) is 82.5 Å². The van der Waals surface area contributed by atoms with Crippen LogP contribution >= 0.6 is 0 Å². The summed E-state index contributed by atoms with van der Waals surface area (Å²) in [6.07, 6.45) is 0.369. The van der Waals surface area contributed by atoms with Crippen molar-refractivity contribution in [3.63, 3.8) is 0 Å². The smallest absolute Gasteiger partial charge is 0.328 e. The third-order valence-electron chi connectivity index (χ3n) is 5.98. The highest BCUT2D eigenvalue weighted by Gasteiger charge is 2.52. The summed E-state index contributed by atoms with van der Waals surface area (Å²) in [7, 11) is 0. The number of fused-ring (bicyclic) bond motifs is 1. The Balaban J connectivity index is 1.28. The molecule has 5 rings (SSSR count). The van der Waals surface area contributed by atoms with Gasteiger partial charge in [0.15, 0.2) is 6.29 Å². The van der Waals surface area contributed by atoms with E-state index in [1.165, 1.54) is 16.8 Å². The van der Waals surface area contributed by atoms with Crippen molar-refractivity contribution in [2.75, 3.05) is 0 Å². The van der Waals surface area contributed by atoms with Crippen LogP contribution in [0.2, 0.25) is 0 Å². The van der Waals surface area contributed by atoms with Gasteiger partial charge in [-0.1, -0.05) is 60.7 Å². The summed E-state index contributed by atoms with van der Waals surface area (Å²) in [4.78, 5) is 25.9. The largest absolute Gasteiger partial charge is 0.368 e. The molecule has 1 unspecified atom stereocenters. The first-order valence-corrected chi connectivity index (χ1v) is 11.1. The molecule has 0 aliphatic carbocycles. The van der Waals surface area contributed by atoms with Gasteiger partial charge in [0.25, 0.3) is 5.56 Å². The SMILES string of the molecule is O=c1ccn(C[C@H]2O[C@@H]3CC(OCc4ccccc4)O[C@@H]3[C@@H]2OCc2ccccc2)c(=O)[nH]1. The molecule has 2 aliphatic rings. The maximum absolute atomic E-state index is 12.2. The fourth-order valence-electron chi connectivity index (χ4n) is 4.35. The molecule has 2 aromatic carbocycles. The van der Waals surface area contributed by atoms with Crippen LogP contribution in [0, 0.1) is 0 Å². The molecule has 172 valence electrons. The molecule has 5 atom stereocenters. The summed E-state index contributed by atoms with van der Waals surface area (Å²) in [5.41, 5.74) is 1.20. The minimum absolute atomic E-state index is 0.199. The van der Waals surface area contributed by atoms with Gasteiger partial charge in [0.2, 0.25) is 0 Å². The molecular formula is C25H26N2O6. The van der Waals surface area contributed by atoms with E-state index in [0.29, 0.717) is 19.6 Å². The Bertz CT molecular complexity index is 1160. The number of aromatic amines is 1. The molecule has 3 heterocycles. The van der Waals surface area contributed by atoms with E-state index < -0.39 is 17.4 Å². The number of benzene rings is 2. The van der Waals surface area contributed by atoms with Gasteiger partial charge in [-0.25, -0.2) is 4.79 Å². The summed E-state index contributed by atoms with van der Waals surface area (Å²) < 4.78 is 26.1. The van der Waals surface area contributed by atoms with Gasteiger partial charge in [0, 0.05) is 18.7 Å². The minimum atomic E-state index is -0.477. The Morgan fingerprint density at radius 2 is 1.55 bits per heavy atom. The number of nitrogens with zero attached hydrogens (tertiary/aromatic N) is 1. The predicted molar refractivity (Wildman–Crippen MR) is 120 cm³/mol. The number of ether oxygens (including phenoxy) is 4. The molecule has 2 aliphatic heterocycles. The number of hydrogen-bond donors (Lipinski definition) is 1. The lowest BCUT2D eigenvalue weighted by Crippen LogP contribution is -2.40. The van der Waals surface area contributed by atoms with Crippen molar-refractivity contribution in [1.82, 2.24) is 9.55 Å². The van der Waals surface area contributed by atoms with E-state index in [4.69, 9.17) is 18.9 Å². The van der Waals surface area contributed by atoms with Crippen molar-refractivity contribution in [1.29, 1.82) is 0 Å². The second-order valence-electron chi connectivity index (χ2n) is 8.30. The van der Waals surface area contributed by atoms with Gasteiger partial charge in [-0.15, -0.1) is 0 Å². The number of rotatable bonds is 8. The Kier molecular flexibility index (Phi) is 6.50. The molecule has 0 saturated carbocycles. The van der Waals surface area contributed by atoms with Gasteiger partial charge in [0.05, 0.1) is 25.9 Å². The standard InChI is InChI=1S/C25H26N2O6/c28-21-11-12-27(25(29)26-21)14-20-23(31-16-18-9-5-2-6-10-18)24-19(32-20)13-22(33-24)30-15-17-7-3-1-4-8-17/h1-12,19-20,22-24H,13-16H2,(H,26,28,29)/t19-,20-,22?,23-,24+/m1/s1. The van der Waals surface area contributed by atoms with Crippen molar-refractivity contribution >= 4 is 0 Å². The highest BCUT2D eigenvalue weighted by atomic mass is 16.7. The lowest BCUT2D eigenvalue weighted by atomic mass is 10.1. The molecule has 1 aromatic heterocycles. The normalized spacial score (nSPS) is 26.4. The van der Waals surface area contributed by atoms with Crippen LogP contribution in [-0.2, 0) is 38.7 Å². The number of hydrogen-bond acceptors (Lipinski definition) is 6. The second kappa shape index (κ2) is 9.84. The van der Waals surface area contributed by atoms with Crippen LogP contribution in [0.25, 0.3) is 0 Å². The topological polar surface area (TPSA) is 91.8 Å². The minimum Gasteiger partial charge on any atom is -0.368 e. The van der Waals surface area contributed by atoms with Gasteiger partial charge >= 0.3 is 5.69 Å². The summed E-state index contributed by atoms with van der Waals surface area (Å²) in [6, 6.07) is 21.1. The molecule has 8 heteroatoms. The fraction of sp³-hybridized carbons (Fsp3) is 0.360. The Labute approximate surface area is 190 Å². The molecule has 3 aromatic rings. The molecule has 33 heavy (non-hydrogen) atoms. The first-order chi connectivity index (χ1) is 16.2. The van der Waals surface area contributed by atoms with Crippen LogP contribution < -0.4 is 11.2 Å². The van der Waals surface area contributed by atoms with Crippen molar-refractivity contribution in [3.05, 3.63) is 105 Å². The first kappa shape index (κ1) is 21.8. The van der Waals surface area contributed by atoms with E-state index in [9.17, 15) is 9.59 Å². The molecule has 0 bridgehead atoms. The van der Waals surface area contributed by atoms with Gasteiger partial charge in [0.1, 0.15) is 18.3 Å². The van der Waals surface area contributed by atoms with Crippen molar-refractivity contribution in [2.24, 2.45) is 0 Å². The van der Waals surface area contributed by atoms with Gasteiger partial charge in [-0.2, -0.15) is 0 Å². The average Bonchev–Trinajstić information content (AvgIpc) is 3.37. The molecule has 2 fully saturated rings. The molecule has 2 saturated heterocycles. The van der Waals surface area contributed by atoms with Crippen molar-refractivity contribution in [2.45, 2.75) is 56.9 Å². The zero-order chi connectivity index (χ0) is 22.6. The zero-order valence-corrected chi connectivity index (χ0v) is 18.0. The Morgan fingerprint density at radius 3 is 2.21 bits per heavy atom. The van der Waals surface area contributed by atoms with Crippen LogP contribution in [0.3, 0.4) is 0 Å². The maximum atomic E-state index is 12.2. The Morgan fingerprint density at radius 1 is 0.879 bits per heavy atom. The highest BCUT2D eigenvalue weighted by Crippen LogP contribution is 2.37. The molecular weight excluding hydrogens is 424 g/mol. The van der Waals surface area contributed by atoms with E-state index in [0.717, 1.165) is 11.1 Å². The molecule has 0 spiro atoms. The van der Waals surface area contributed by atoms with Crippen molar-refractivity contribution in [3.8, 4) is 0 Å². The lowest BCUT2D eigenvalue weighted by Gasteiger charge is -2.25. The van der Waals surface area contributed by atoms with E-state index in [2.05, 4.69) is 4.98 Å². The lowest BCUT2D eigenvalue weighted by molar-refractivity contribution is -0.171. The van der Waals surface area contributed by atoms with Crippen LogP contribution in [0.5, 0.6) is 0 Å². The quantitative estimate of drug-likeness (QED) is 0.566. The summed E-state index contributed by atoms with van der Waals surface area (Å²) in [5.74, 6) is 0. The molecule has 1 N–H and O–H groups in total. The highest BCUT2D eigenvalue weighted by molar-refractivity contribution is 5.14. The van der Waals surface area contributed by atoms with Crippen LogP contribution in [0.1, 0.15) is 17.5 Å². The van der Waals surface area contributed by atoms with Gasteiger partial charge < -0.3 is 18.9 Å². The first-order valence-electron chi connectivity index (χ1n) is 11.1. The summed E-state index contributed by atoms with van der Waals surface area (Å²) >= 11 is 0.